The molecule has 3 heteroatoms. The van der Waals surface area contributed by atoms with Crippen molar-refractivity contribution in [1.29, 1.82) is 0 Å². The smallest absolute Gasteiger partial charge is 0.179 e. The molecule has 0 saturated carbocycles. The van der Waals surface area contributed by atoms with Gasteiger partial charge in [-0.05, 0) is 102 Å². The average molecular weight is 884 g/mol. The van der Waals surface area contributed by atoms with Gasteiger partial charge in [-0.3, -0.25) is 0 Å². The average Bonchev–Trinajstić information content (AvgIpc) is 3.94. The van der Waals surface area contributed by atoms with Gasteiger partial charge in [0, 0.05) is 39.3 Å². The molecule has 2 nitrogen and oxygen atoms in total. The van der Waals surface area contributed by atoms with Crippen LogP contribution in [0.1, 0.15) is 22.3 Å². The Morgan fingerprint density at radius 2 is 0.794 bits per heavy atom. The minimum Gasteiger partial charge on any atom is -0.455 e. The molecule has 1 aliphatic carbocycles. The van der Waals surface area contributed by atoms with Crippen molar-refractivity contribution in [2.75, 3.05) is 4.90 Å². The summed E-state index contributed by atoms with van der Waals surface area (Å²) >= 11 is 0. The van der Waals surface area contributed by atoms with E-state index in [2.05, 4.69) is 278 Å². The molecular weight excluding hydrogens is 839 g/mol. The van der Waals surface area contributed by atoms with Gasteiger partial charge in [-0.2, -0.15) is 0 Å². The van der Waals surface area contributed by atoms with Crippen LogP contribution in [0.2, 0.25) is 0 Å². The van der Waals surface area contributed by atoms with Gasteiger partial charge in [0.05, 0.1) is 5.41 Å². The normalized spacial score (nSPS) is 12.8. The Balaban J connectivity index is 1.06. The maximum atomic E-state index is 6.88. The highest BCUT2D eigenvalue weighted by atomic mass is 28.3. The zero-order chi connectivity index (χ0) is 45.1. The molecule has 0 aliphatic heterocycles. The summed E-state index contributed by atoms with van der Waals surface area (Å²) in [4.78, 5) is 2.43. The maximum absolute atomic E-state index is 6.88. The summed E-state index contributed by atoms with van der Waals surface area (Å²) in [7, 11) is -2.77. The highest BCUT2D eigenvalue weighted by Crippen LogP contribution is 2.57. The summed E-state index contributed by atoms with van der Waals surface area (Å²) in [6.45, 7) is 0. The highest BCUT2D eigenvalue weighted by molar-refractivity contribution is 7.19. The zero-order valence-corrected chi connectivity index (χ0v) is 38.3. The van der Waals surface area contributed by atoms with E-state index in [0.717, 1.165) is 44.4 Å². The van der Waals surface area contributed by atoms with Crippen LogP contribution in [-0.4, -0.2) is 8.07 Å². The molecule has 0 atom stereocenters. The van der Waals surface area contributed by atoms with E-state index in [1.165, 1.54) is 59.5 Å². The van der Waals surface area contributed by atoms with Crippen LogP contribution in [0.15, 0.2) is 277 Å². The standard InChI is InChI=1S/C65H45NOSi/c1-6-21-47(22-7-1)65(48-23-8-2-9-24-48)61-33-19-18-32-57(61)58-42-37-50(44-62(58)65)66(51-38-43-59-60-41-34-46-20-16-17-31-56(46)64(60)67-63(59)45-51)49-35-39-55(40-36-49)68(52-25-10-3-11-26-52,53-27-12-4-13-28-53)54-29-14-5-15-30-54/h1-45H. The van der Waals surface area contributed by atoms with Crippen molar-refractivity contribution in [2.45, 2.75) is 5.41 Å². The number of rotatable bonds is 9. The first-order chi connectivity index (χ1) is 33.7. The monoisotopic (exact) mass is 883 g/mol. The van der Waals surface area contributed by atoms with E-state index in [9.17, 15) is 0 Å². The molecule has 0 amide bonds. The SMILES string of the molecule is c1ccc(C2(c3ccccc3)c3ccccc3-c3ccc(N(c4ccc([Si](c5ccccc5)(c5ccccc5)c5ccccc5)cc4)c4ccc5c(c4)oc4c6ccccc6ccc54)cc32)cc1. The van der Waals surface area contributed by atoms with E-state index in [0.29, 0.717) is 0 Å². The first kappa shape index (κ1) is 39.8. The highest BCUT2D eigenvalue weighted by Gasteiger charge is 2.46. The minimum absolute atomic E-state index is 0.546. The second kappa shape index (κ2) is 16.1. The van der Waals surface area contributed by atoms with Gasteiger partial charge in [0.2, 0.25) is 0 Å². The third-order valence-corrected chi connectivity index (χ3v) is 19.3. The van der Waals surface area contributed by atoms with Gasteiger partial charge in [0.15, 0.2) is 8.07 Å². The van der Waals surface area contributed by atoms with Gasteiger partial charge >= 0.3 is 0 Å². The summed E-state index contributed by atoms with van der Waals surface area (Å²) < 4.78 is 6.88. The molecule has 0 saturated heterocycles. The Morgan fingerprint density at radius 3 is 1.43 bits per heavy atom. The quantitative estimate of drug-likeness (QED) is 0.106. The molecule has 0 bridgehead atoms. The molecule has 320 valence electrons. The molecule has 0 N–H and O–H groups in total. The first-order valence-electron chi connectivity index (χ1n) is 23.5. The number of fused-ring (bicyclic) bond motifs is 8. The molecule has 0 fully saturated rings. The number of furan rings is 1. The summed E-state index contributed by atoms with van der Waals surface area (Å²) in [6.07, 6.45) is 0. The van der Waals surface area contributed by atoms with E-state index >= 15 is 0 Å². The van der Waals surface area contributed by atoms with E-state index in [-0.39, 0.29) is 0 Å². The van der Waals surface area contributed by atoms with Gasteiger partial charge < -0.3 is 9.32 Å². The third kappa shape index (κ3) is 6.03. The van der Waals surface area contributed by atoms with Crippen LogP contribution < -0.4 is 25.6 Å². The van der Waals surface area contributed by atoms with Crippen LogP contribution >= 0.6 is 0 Å². The molecule has 1 heterocycles. The van der Waals surface area contributed by atoms with Crippen molar-refractivity contribution in [3.8, 4) is 11.1 Å². The summed E-state index contributed by atoms with van der Waals surface area (Å²) in [5.74, 6) is 0. The molecule has 0 unspecified atom stereocenters. The van der Waals surface area contributed by atoms with Crippen molar-refractivity contribution in [2.24, 2.45) is 0 Å². The van der Waals surface area contributed by atoms with Gasteiger partial charge in [-0.1, -0.05) is 224 Å². The van der Waals surface area contributed by atoms with E-state index in [1.807, 2.05) is 0 Å². The molecular formula is C65H45NOSi. The van der Waals surface area contributed by atoms with Crippen LogP contribution in [-0.2, 0) is 5.41 Å². The van der Waals surface area contributed by atoms with Crippen molar-refractivity contribution in [3.63, 3.8) is 0 Å². The van der Waals surface area contributed by atoms with Crippen LogP contribution in [0, 0.1) is 0 Å². The van der Waals surface area contributed by atoms with Crippen LogP contribution in [0.5, 0.6) is 0 Å². The fraction of sp³-hybridized carbons (Fsp3) is 0.0154. The molecule has 0 radical (unpaired) electrons. The second-order valence-electron chi connectivity index (χ2n) is 17.9. The lowest BCUT2D eigenvalue weighted by atomic mass is 9.67. The topological polar surface area (TPSA) is 16.4 Å². The first-order valence-corrected chi connectivity index (χ1v) is 25.5. The molecule has 68 heavy (non-hydrogen) atoms. The molecule has 1 aromatic heterocycles. The van der Waals surface area contributed by atoms with Crippen LogP contribution in [0.4, 0.5) is 17.1 Å². The van der Waals surface area contributed by atoms with Crippen molar-refractivity contribution in [3.05, 3.63) is 295 Å². The number of anilines is 3. The van der Waals surface area contributed by atoms with Crippen LogP contribution in [0.3, 0.4) is 0 Å². The summed E-state index contributed by atoms with van der Waals surface area (Å²) in [5, 5.41) is 9.88. The molecule has 1 aliphatic rings. The minimum atomic E-state index is -2.77. The fourth-order valence-corrected chi connectivity index (χ4v) is 16.3. The molecule has 13 rings (SSSR count). The van der Waals surface area contributed by atoms with E-state index in [4.69, 9.17) is 4.42 Å². The molecule has 0 spiro atoms. The molecule has 11 aromatic carbocycles. The Hall–Kier alpha value is -8.50. The Labute approximate surface area is 397 Å². The van der Waals surface area contributed by atoms with E-state index in [1.54, 1.807) is 0 Å². The van der Waals surface area contributed by atoms with Crippen molar-refractivity contribution >= 4 is 78.6 Å². The fourth-order valence-electron chi connectivity index (χ4n) is 11.6. The van der Waals surface area contributed by atoms with Gasteiger partial charge in [-0.25, -0.2) is 0 Å². The summed E-state index contributed by atoms with van der Waals surface area (Å²) in [6, 6.07) is 101. The lowest BCUT2D eigenvalue weighted by Gasteiger charge is -2.35. The third-order valence-electron chi connectivity index (χ3n) is 14.5. The maximum Gasteiger partial charge on any atom is 0.179 e. The van der Waals surface area contributed by atoms with Crippen LogP contribution in [0.25, 0.3) is 43.8 Å². The Kier molecular flexibility index (Phi) is 9.45. The zero-order valence-electron chi connectivity index (χ0n) is 37.3. The summed E-state index contributed by atoms with van der Waals surface area (Å²) in [5.41, 5.74) is 11.9. The predicted octanol–water partition coefficient (Wildman–Crippen LogP) is 13.9. The Bertz CT molecular complexity index is 3640. The lowest BCUT2D eigenvalue weighted by molar-refractivity contribution is 0.672. The van der Waals surface area contributed by atoms with E-state index < -0.39 is 13.5 Å². The molecule has 12 aromatic rings. The number of benzene rings is 11. The van der Waals surface area contributed by atoms with Crippen molar-refractivity contribution < 1.29 is 4.42 Å². The largest absolute Gasteiger partial charge is 0.455 e. The number of hydrogen-bond donors (Lipinski definition) is 0. The lowest BCUT2D eigenvalue weighted by Crippen LogP contribution is -2.74. The number of nitrogens with zero attached hydrogens (tertiary/aromatic N) is 1. The van der Waals surface area contributed by atoms with Gasteiger partial charge in [-0.15, -0.1) is 0 Å². The predicted molar refractivity (Wildman–Crippen MR) is 287 cm³/mol. The number of hydrogen-bond acceptors (Lipinski definition) is 2. The van der Waals surface area contributed by atoms with Crippen molar-refractivity contribution in [1.82, 2.24) is 0 Å². The Morgan fingerprint density at radius 1 is 0.324 bits per heavy atom. The second-order valence-corrected chi connectivity index (χ2v) is 21.7. The van der Waals surface area contributed by atoms with Gasteiger partial charge in [0.25, 0.3) is 0 Å². The van der Waals surface area contributed by atoms with Gasteiger partial charge in [0.1, 0.15) is 11.2 Å².